The molecular weight excluding hydrogens is 572 g/mol. The van der Waals surface area contributed by atoms with Gasteiger partial charge in [-0.25, -0.2) is 22.3 Å². The van der Waals surface area contributed by atoms with Crippen LogP contribution < -0.4 is 20.5 Å². The molecule has 0 fully saturated rings. The third-order valence-corrected chi connectivity index (χ3v) is 8.36. The highest BCUT2D eigenvalue weighted by atomic mass is 35.5. The number of fused-ring (bicyclic) bond motifs is 1. The second-order valence-electron chi connectivity index (χ2n) is 7.93. The van der Waals surface area contributed by atoms with E-state index < -0.39 is 40.2 Å². The van der Waals surface area contributed by atoms with Crippen molar-refractivity contribution in [2.24, 2.45) is 0 Å². The highest BCUT2D eigenvalue weighted by Gasteiger charge is 2.26. The maximum atomic E-state index is 15.1. The van der Waals surface area contributed by atoms with Crippen molar-refractivity contribution in [2.75, 3.05) is 23.8 Å². The lowest BCUT2D eigenvalue weighted by Gasteiger charge is -2.19. The lowest BCUT2D eigenvalue weighted by atomic mass is 10.1. The van der Waals surface area contributed by atoms with Gasteiger partial charge in [-0.3, -0.25) is 14.3 Å². The van der Waals surface area contributed by atoms with E-state index in [-0.39, 0.29) is 31.0 Å². The molecule has 0 spiro atoms. The number of anilines is 2. The number of amides is 2. The van der Waals surface area contributed by atoms with E-state index in [1.807, 2.05) is 4.72 Å². The van der Waals surface area contributed by atoms with E-state index in [1.165, 1.54) is 61.8 Å². The van der Waals surface area contributed by atoms with Gasteiger partial charge >= 0.3 is 12.2 Å². The third kappa shape index (κ3) is 5.92. The molecule has 0 aliphatic heterocycles. The summed E-state index contributed by atoms with van der Waals surface area (Å²) < 4.78 is 80.1. The normalized spacial score (nSPS) is 11.9. The van der Waals surface area contributed by atoms with E-state index in [2.05, 4.69) is 5.32 Å². The molecule has 2 amide bonds. The number of hydrogen-bond donors (Lipinski definition) is 2. The maximum Gasteiger partial charge on any atom is 0.405 e. The number of carbonyl (C=O) groups excluding carboxylic acids is 1. The van der Waals surface area contributed by atoms with Gasteiger partial charge in [-0.1, -0.05) is 11.6 Å². The summed E-state index contributed by atoms with van der Waals surface area (Å²) >= 11 is 6.50. The molecule has 0 unspecified atom stereocenters. The van der Waals surface area contributed by atoms with E-state index in [9.17, 15) is 31.2 Å². The molecular formula is C23H17ClF4N4O4S2. The van der Waals surface area contributed by atoms with Crippen molar-refractivity contribution in [1.82, 2.24) is 9.29 Å². The fourth-order valence-electron chi connectivity index (χ4n) is 3.44. The topological polar surface area (TPSA) is 101 Å². The largest absolute Gasteiger partial charge is 0.405 e. The van der Waals surface area contributed by atoms with Crippen molar-refractivity contribution in [2.45, 2.75) is 10.4 Å². The number of carbonyl (C=O) groups is 1. The molecule has 200 valence electrons. The highest BCUT2D eigenvalue weighted by Crippen LogP contribution is 2.26. The van der Waals surface area contributed by atoms with Gasteiger partial charge in [0.25, 0.3) is 15.6 Å². The van der Waals surface area contributed by atoms with Crippen LogP contribution in [-0.2, 0) is 10.0 Å². The third-order valence-electron chi connectivity index (χ3n) is 5.31. The summed E-state index contributed by atoms with van der Waals surface area (Å²) in [6, 6.07) is 10.5. The van der Waals surface area contributed by atoms with Gasteiger partial charge in [-0.2, -0.15) is 13.2 Å². The van der Waals surface area contributed by atoms with Gasteiger partial charge < -0.3 is 5.32 Å². The number of nitrogens with one attached hydrogen (secondary N) is 2. The minimum Gasteiger partial charge on any atom is -0.376 e. The van der Waals surface area contributed by atoms with Crippen LogP contribution in [0.1, 0.15) is 0 Å². The zero-order chi connectivity index (χ0) is 27.8. The van der Waals surface area contributed by atoms with Gasteiger partial charge in [0, 0.05) is 30.0 Å². The summed E-state index contributed by atoms with van der Waals surface area (Å²) in [5, 5.41) is 2.72. The van der Waals surface area contributed by atoms with Crippen LogP contribution in [0, 0.1) is 5.82 Å². The average Bonchev–Trinajstić information content (AvgIpc) is 3.29. The minimum atomic E-state index is -4.41. The Morgan fingerprint density at radius 1 is 1.11 bits per heavy atom. The Bertz CT molecular complexity index is 1700. The second kappa shape index (κ2) is 10.3. The molecule has 0 saturated carbocycles. The van der Waals surface area contributed by atoms with E-state index in [1.54, 1.807) is 0 Å². The summed E-state index contributed by atoms with van der Waals surface area (Å²) in [4.78, 5) is 26.3. The lowest BCUT2D eigenvalue weighted by Crippen LogP contribution is -2.40. The molecule has 2 aromatic carbocycles. The molecule has 0 aliphatic carbocycles. The van der Waals surface area contributed by atoms with Gasteiger partial charge in [0.05, 0.1) is 10.0 Å². The van der Waals surface area contributed by atoms with E-state index >= 15 is 4.39 Å². The quantitative estimate of drug-likeness (QED) is 0.296. The number of thiophene rings is 1. The number of alkyl halides is 3. The first-order valence-electron chi connectivity index (χ1n) is 10.6. The SMILES string of the molecule is CN(C(=O)NS(=O)(=O)c1ccc(Cl)s1)c1ccc(-n2ccc3cc(NCC(F)(F)F)ccc3c2=O)c(F)c1. The van der Waals surface area contributed by atoms with Gasteiger partial charge in [0.2, 0.25) is 0 Å². The molecule has 2 aromatic heterocycles. The van der Waals surface area contributed by atoms with Crippen molar-refractivity contribution in [1.29, 1.82) is 0 Å². The van der Waals surface area contributed by atoms with E-state index in [0.717, 1.165) is 26.9 Å². The van der Waals surface area contributed by atoms with Gasteiger partial charge in [-0.15, -0.1) is 11.3 Å². The molecule has 0 radical (unpaired) electrons. The molecule has 0 atom stereocenters. The molecule has 38 heavy (non-hydrogen) atoms. The van der Waals surface area contributed by atoms with Gasteiger partial charge in [-0.05, 0) is 60.0 Å². The number of benzene rings is 2. The van der Waals surface area contributed by atoms with Crippen molar-refractivity contribution >= 4 is 61.1 Å². The number of nitrogens with zero attached hydrogens (tertiary/aromatic N) is 2. The second-order valence-corrected chi connectivity index (χ2v) is 11.5. The molecule has 0 bridgehead atoms. The van der Waals surface area contributed by atoms with Crippen LogP contribution in [-0.4, -0.2) is 38.8 Å². The Morgan fingerprint density at radius 2 is 1.84 bits per heavy atom. The fourth-order valence-corrected chi connectivity index (χ4v) is 5.90. The van der Waals surface area contributed by atoms with Gasteiger partial charge in [0.15, 0.2) is 0 Å². The Morgan fingerprint density at radius 3 is 2.47 bits per heavy atom. The predicted octanol–water partition coefficient (Wildman–Crippen LogP) is 5.35. The number of halogens is 5. The molecule has 0 aliphatic rings. The van der Waals surface area contributed by atoms with Crippen LogP contribution in [0.5, 0.6) is 0 Å². The van der Waals surface area contributed by atoms with Crippen LogP contribution in [0.3, 0.4) is 0 Å². The summed E-state index contributed by atoms with van der Waals surface area (Å²) in [6.45, 7) is -1.24. The minimum absolute atomic E-state index is 0.00243. The van der Waals surface area contributed by atoms with Crippen molar-refractivity contribution in [3.05, 3.63) is 81.3 Å². The zero-order valence-electron chi connectivity index (χ0n) is 19.2. The monoisotopic (exact) mass is 588 g/mol. The highest BCUT2D eigenvalue weighted by molar-refractivity contribution is 7.92. The number of sulfonamides is 1. The Labute approximate surface area is 222 Å². The summed E-state index contributed by atoms with van der Waals surface area (Å²) in [6.07, 6.45) is -3.14. The molecule has 4 rings (SSSR count). The Kier molecular flexibility index (Phi) is 7.41. The average molecular weight is 589 g/mol. The molecule has 2 N–H and O–H groups in total. The number of rotatable bonds is 6. The first-order valence-corrected chi connectivity index (χ1v) is 13.2. The van der Waals surface area contributed by atoms with E-state index in [0.29, 0.717) is 5.39 Å². The molecule has 2 heterocycles. The predicted molar refractivity (Wildman–Crippen MR) is 137 cm³/mol. The van der Waals surface area contributed by atoms with Crippen molar-refractivity contribution in [3.63, 3.8) is 0 Å². The van der Waals surface area contributed by atoms with Crippen LogP contribution in [0.4, 0.5) is 33.7 Å². The Balaban J connectivity index is 1.57. The van der Waals surface area contributed by atoms with Crippen LogP contribution in [0.2, 0.25) is 4.34 Å². The summed E-state index contributed by atoms with van der Waals surface area (Å²) in [5.41, 5.74) is -0.622. The number of pyridine rings is 1. The maximum absolute atomic E-state index is 15.1. The summed E-state index contributed by atoms with van der Waals surface area (Å²) in [5.74, 6) is -0.889. The zero-order valence-corrected chi connectivity index (χ0v) is 21.6. The molecule has 15 heteroatoms. The van der Waals surface area contributed by atoms with Gasteiger partial charge in [0.1, 0.15) is 16.6 Å². The van der Waals surface area contributed by atoms with Crippen molar-refractivity contribution < 1.29 is 30.8 Å². The lowest BCUT2D eigenvalue weighted by molar-refractivity contribution is -0.115. The van der Waals surface area contributed by atoms with Crippen LogP contribution in [0.25, 0.3) is 16.5 Å². The van der Waals surface area contributed by atoms with Crippen molar-refractivity contribution in [3.8, 4) is 5.69 Å². The fraction of sp³-hybridized carbons (Fsp3) is 0.130. The first-order chi connectivity index (χ1) is 17.7. The van der Waals surface area contributed by atoms with Crippen LogP contribution in [0.15, 0.2) is 69.8 Å². The van der Waals surface area contributed by atoms with Crippen LogP contribution >= 0.6 is 22.9 Å². The summed E-state index contributed by atoms with van der Waals surface area (Å²) in [7, 11) is -2.97. The number of aromatic nitrogens is 1. The standard InChI is InChI=1S/C23H17ClF4N4O4S2/c1-31(22(34)30-38(35,36)20-7-6-19(24)37-20)15-3-5-18(17(25)11-15)32-9-8-13-10-14(29-12-23(26,27)28)2-4-16(13)21(32)33/h2-11,29H,12H2,1H3,(H,30,34). The molecule has 4 aromatic rings. The Hall–Kier alpha value is -3.62. The number of hydrogen-bond acceptors (Lipinski definition) is 6. The van der Waals surface area contributed by atoms with E-state index in [4.69, 9.17) is 11.6 Å². The molecule has 8 nitrogen and oxygen atoms in total. The first kappa shape index (κ1) is 27.4. The number of urea groups is 1. The molecule has 0 saturated heterocycles. The smallest absolute Gasteiger partial charge is 0.376 e.